The monoisotopic (exact) mass is 416 g/mol. The number of carbonyl (C=O) groups excluding carboxylic acids is 1. The molecule has 156 valence electrons. The molecule has 29 heavy (non-hydrogen) atoms. The lowest BCUT2D eigenvalue weighted by Crippen LogP contribution is -2.38. The first kappa shape index (κ1) is 21.3. The molecule has 1 heterocycles. The average molecular weight is 417 g/mol. The Bertz CT molecular complexity index is 898. The molecule has 0 aromatic heterocycles. The van der Waals surface area contributed by atoms with Gasteiger partial charge in [0.25, 0.3) is 0 Å². The molecule has 2 aromatic carbocycles. The van der Waals surface area contributed by atoms with Gasteiger partial charge < -0.3 is 9.64 Å². The highest BCUT2D eigenvalue weighted by Crippen LogP contribution is 2.22. The number of benzene rings is 2. The third-order valence-electron chi connectivity index (χ3n) is 5.09. The number of carbonyl (C=O) groups is 1. The van der Waals surface area contributed by atoms with Crippen LogP contribution in [0.1, 0.15) is 31.7 Å². The zero-order chi connectivity index (χ0) is 20.7. The molecule has 1 aliphatic rings. The minimum absolute atomic E-state index is 0.00201. The highest BCUT2D eigenvalue weighted by molar-refractivity contribution is 7.89. The number of ether oxygens (including phenoxy) is 1. The Morgan fingerprint density at radius 3 is 2.55 bits per heavy atom. The number of rotatable bonds is 9. The molecule has 0 aliphatic carbocycles. The summed E-state index contributed by atoms with van der Waals surface area (Å²) in [5.41, 5.74) is 1.22. The molecule has 1 atom stereocenters. The number of likely N-dealkylation sites (tertiary alicyclic amines) is 1. The molecule has 0 spiro atoms. The van der Waals surface area contributed by atoms with E-state index < -0.39 is 10.0 Å². The first-order chi connectivity index (χ1) is 14.0. The first-order valence-electron chi connectivity index (χ1n) is 10.1. The molecule has 1 fully saturated rings. The molecule has 1 amide bonds. The minimum atomic E-state index is -3.65. The topological polar surface area (TPSA) is 75.7 Å². The van der Waals surface area contributed by atoms with Crippen molar-refractivity contribution < 1.29 is 17.9 Å². The summed E-state index contributed by atoms with van der Waals surface area (Å²) in [4.78, 5) is 14.7. The van der Waals surface area contributed by atoms with Gasteiger partial charge in [0, 0.05) is 25.6 Å². The van der Waals surface area contributed by atoms with Gasteiger partial charge in [-0.2, -0.15) is 0 Å². The summed E-state index contributed by atoms with van der Waals surface area (Å²) in [6.45, 7) is 3.22. The second kappa shape index (κ2) is 9.89. The zero-order valence-electron chi connectivity index (χ0n) is 16.7. The lowest BCUT2D eigenvalue weighted by Gasteiger charge is -2.25. The van der Waals surface area contributed by atoms with E-state index in [9.17, 15) is 13.2 Å². The predicted molar refractivity (Wildman–Crippen MR) is 112 cm³/mol. The molecule has 1 N–H and O–H groups in total. The van der Waals surface area contributed by atoms with Crippen LogP contribution in [0.3, 0.4) is 0 Å². The summed E-state index contributed by atoms with van der Waals surface area (Å²) in [7, 11) is -3.65. The molecule has 0 saturated carbocycles. The SMILES string of the molecule is CCOc1ccc(S(=O)(=O)NCCC(=O)N2CCCC2Cc2ccccc2)cc1. The molecule has 0 radical (unpaired) electrons. The number of nitrogens with zero attached hydrogens (tertiary/aromatic N) is 1. The van der Waals surface area contributed by atoms with E-state index in [1.807, 2.05) is 30.0 Å². The summed E-state index contributed by atoms with van der Waals surface area (Å²) in [5.74, 6) is 0.623. The van der Waals surface area contributed by atoms with Gasteiger partial charge in [-0.1, -0.05) is 30.3 Å². The second-order valence-electron chi connectivity index (χ2n) is 7.13. The summed E-state index contributed by atoms with van der Waals surface area (Å²) >= 11 is 0. The number of hydrogen-bond donors (Lipinski definition) is 1. The van der Waals surface area contributed by atoms with Gasteiger partial charge in [-0.15, -0.1) is 0 Å². The molecule has 1 saturated heterocycles. The van der Waals surface area contributed by atoms with E-state index in [-0.39, 0.29) is 29.8 Å². The smallest absolute Gasteiger partial charge is 0.240 e. The Morgan fingerprint density at radius 1 is 1.14 bits per heavy atom. The van der Waals surface area contributed by atoms with Crippen LogP contribution in [0.4, 0.5) is 0 Å². The fraction of sp³-hybridized carbons (Fsp3) is 0.409. The van der Waals surface area contributed by atoms with Crippen molar-refractivity contribution in [3.8, 4) is 5.75 Å². The highest BCUT2D eigenvalue weighted by atomic mass is 32.2. The predicted octanol–water partition coefficient (Wildman–Crippen LogP) is 2.99. The lowest BCUT2D eigenvalue weighted by molar-refractivity contribution is -0.131. The van der Waals surface area contributed by atoms with Gasteiger partial charge in [0.2, 0.25) is 15.9 Å². The van der Waals surface area contributed by atoms with Gasteiger partial charge in [0.1, 0.15) is 5.75 Å². The van der Waals surface area contributed by atoms with Gasteiger partial charge >= 0.3 is 0 Å². The molecule has 2 aromatic rings. The van der Waals surface area contributed by atoms with Gasteiger partial charge in [-0.25, -0.2) is 13.1 Å². The van der Waals surface area contributed by atoms with E-state index in [1.54, 1.807) is 12.1 Å². The standard InChI is InChI=1S/C22H28N2O4S/c1-2-28-20-10-12-21(13-11-20)29(26,27)23-15-14-22(25)24-16-6-9-19(24)17-18-7-4-3-5-8-18/h3-5,7-8,10-13,19,23H,2,6,9,14-17H2,1H3. The Labute approximate surface area is 172 Å². The van der Waals surface area contributed by atoms with E-state index in [2.05, 4.69) is 16.9 Å². The maximum absolute atomic E-state index is 12.7. The molecular formula is C22H28N2O4S. The van der Waals surface area contributed by atoms with Crippen molar-refractivity contribution in [2.24, 2.45) is 0 Å². The van der Waals surface area contributed by atoms with Crippen LogP contribution in [-0.2, 0) is 21.2 Å². The maximum atomic E-state index is 12.7. The fourth-order valence-electron chi connectivity index (χ4n) is 3.66. The van der Waals surface area contributed by atoms with Crippen LogP contribution in [0, 0.1) is 0 Å². The van der Waals surface area contributed by atoms with Gasteiger partial charge in [-0.05, 0) is 56.0 Å². The van der Waals surface area contributed by atoms with E-state index in [0.29, 0.717) is 12.4 Å². The first-order valence-corrected chi connectivity index (χ1v) is 11.5. The van der Waals surface area contributed by atoms with Crippen molar-refractivity contribution >= 4 is 15.9 Å². The van der Waals surface area contributed by atoms with Crippen LogP contribution in [0.5, 0.6) is 5.75 Å². The Morgan fingerprint density at radius 2 is 1.86 bits per heavy atom. The third-order valence-corrected chi connectivity index (χ3v) is 6.56. The van der Waals surface area contributed by atoms with E-state index in [0.717, 1.165) is 25.8 Å². The van der Waals surface area contributed by atoms with Gasteiger partial charge in [-0.3, -0.25) is 4.79 Å². The van der Waals surface area contributed by atoms with Crippen LogP contribution >= 0.6 is 0 Å². The third kappa shape index (κ3) is 5.81. The summed E-state index contributed by atoms with van der Waals surface area (Å²) < 4.78 is 32.7. The minimum Gasteiger partial charge on any atom is -0.494 e. The molecular weight excluding hydrogens is 388 g/mol. The van der Waals surface area contributed by atoms with Crippen LogP contribution in [-0.4, -0.2) is 45.0 Å². The summed E-state index contributed by atoms with van der Waals surface area (Å²) in [6.07, 6.45) is 2.96. The second-order valence-corrected chi connectivity index (χ2v) is 8.89. The number of hydrogen-bond acceptors (Lipinski definition) is 4. The van der Waals surface area contributed by atoms with Crippen molar-refractivity contribution in [3.05, 3.63) is 60.2 Å². The summed E-state index contributed by atoms with van der Waals surface area (Å²) in [6, 6.07) is 16.6. The van der Waals surface area contributed by atoms with Crippen molar-refractivity contribution in [2.45, 2.75) is 43.5 Å². The Balaban J connectivity index is 1.51. The fourth-order valence-corrected chi connectivity index (χ4v) is 4.70. The van der Waals surface area contributed by atoms with E-state index in [1.165, 1.54) is 17.7 Å². The maximum Gasteiger partial charge on any atom is 0.240 e. The van der Waals surface area contributed by atoms with Crippen molar-refractivity contribution in [1.29, 1.82) is 0 Å². The largest absolute Gasteiger partial charge is 0.494 e. The van der Waals surface area contributed by atoms with Crippen LogP contribution < -0.4 is 9.46 Å². The zero-order valence-corrected chi connectivity index (χ0v) is 17.5. The molecule has 1 aliphatic heterocycles. The molecule has 3 rings (SSSR count). The quantitative estimate of drug-likeness (QED) is 0.682. The van der Waals surface area contributed by atoms with Crippen LogP contribution in [0.15, 0.2) is 59.5 Å². The normalized spacial score (nSPS) is 16.7. The molecule has 7 heteroatoms. The van der Waals surface area contributed by atoms with E-state index >= 15 is 0 Å². The van der Waals surface area contributed by atoms with Gasteiger partial charge in [0.05, 0.1) is 11.5 Å². The van der Waals surface area contributed by atoms with Crippen molar-refractivity contribution in [2.75, 3.05) is 19.7 Å². The van der Waals surface area contributed by atoms with Crippen LogP contribution in [0.2, 0.25) is 0 Å². The lowest BCUT2D eigenvalue weighted by atomic mass is 10.0. The van der Waals surface area contributed by atoms with Crippen molar-refractivity contribution in [1.82, 2.24) is 9.62 Å². The number of sulfonamides is 1. The molecule has 1 unspecified atom stereocenters. The average Bonchev–Trinajstić information content (AvgIpc) is 3.17. The van der Waals surface area contributed by atoms with Gasteiger partial charge in [0.15, 0.2) is 0 Å². The Kier molecular flexibility index (Phi) is 7.28. The number of amides is 1. The Hall–Kier alpha value is -2.38. The van der Waals surface area contributed by atoms with Crippen LogP contribution in [0.25, 0.3) is 0 Å². The number of nitrogens with one attached hydrogen (secondary N) is 1. The highest BCUT2D eigenvalue weighted by Gasteiger charge is 2.28. The van der Waals surface area contributed by atoms with Crippen molar-refractivity contribution in [3.63, 3.8) is 0 Å². The summed E-state index contributed by atoms with van der Waals surface area (Å²) in [5, 5.41) is 0. The van der Waals surface area contributed by atoms with E-state index in [4.69, 9.17) is 4.74 Å². The molecule has 6 nitrogen and oxygen atoms in total. The molecule has 0 bridgehead atoms.